The summed E-state index contributed by atoms with van der Waals surface area (Å²) in [6.45, 7) is 2.02. The molecule has 1 fully saturated rings. The van der Waals surface area contributed by atoms with E-state index in [4.69, 9.17) is 16.1 Å². The Morgan fingerprint density at radius 3 is 2.80 bits per heavy atom. The Hall–Kier alpha value is -0.570. The molecule has 1 aliphatic carbocycles. The van der Waals surface area contributed by atoms with Crippen molar-refractivity contribution >= 4 is 11.6 Å². The molecule has 2 rings (SSSR count). The molecule has 1 aliphatic rings. The van der Waals surface area contributed by atoms with Crippen LogP contribution in [-0.4, -0.2) is 10.1 Å². The maximum absolute atomic E-state index is 6.06. The molecular weight excluding hydrogens is 212 g/mol. The van der Waals surface area contributed by atoms with Crippen LogP contribution in [0.1, 0.15) is 68.5 Å². The number of hydrogen-bond acceptors (Lipinski definition) is 3. The quantitative estimate of drug-likeness (QED) is 0.739. The number of halogens is 1. The van der Waals surface area contributed by atoms with Gasteiger partial charge >= 0.3 is 0 Å². The van der Waals surface area contributed by atoms with Crippen molar-refractivity contribution < 1.29 is 4.52 Å². The molecule has 0 aliphatic heterocycles. The van der Waals surface area contributed by atoms with Gasteiger partial charge in [0.05, 0.1) is 5.38 Å². The van der Waals surface area contributed by atoms with Gasteiger partial charge in [-0.2, -0.15) is 4.98 Å². The highest BCUT2D eigenvalue weighted by Crippen LogP contribution is 2.32. The van der Waals surface area contributed by atoms with Gasteiger partial charge in [-0.15, -0.1) is 11.6 Å². The number of alkyl halides is 1. The first kappa shape index (κ1) is 10.9. The maximum Gasteiger partial charge on any atom is 0.229 e. The Bertz CT molecular complexity index is 307. The molecule has 3 nitrogen and oxygen atoms in total. The third-order valence-corrected chi connectivity index (χ3v) is 3.55. The van der Waals surface area contributed by atoms with Crippen LogP contribution in [0.25, 0.3) is 0 Å². The topological polar surface area (TPSA) is 38.9 Å². The normalized spacial score (nSPS) is 20.4. The standard InChI is InChI=1S/C11H17ClN2O/c1-2-9(12)10-13-11(15-14-10)8-6-4-3-5-7-8/h8-9H,2-7H2,1H3. The molecule has 0 radical (unpaired) electrons. The summed E-state index contributed by atoms with van der Waals surface area (Å²) in [4.78, 5) is 4.39. The van der Waals surface area contributed by atoms with Crippen molar-refractivity contribution in [3.63, 3.8) is 0 Å². The Kier molecular flexibility index (Phi) is 3.62. The maximum atomic E-state index is 6.06. The van der Waals surface area contributed by atoms with Crippen LogP contribution < -0.4 is 0 Å². The molecule has 0 N–H and O–H groups in total. The minimum absolute atomic E-state index is 0.105. The second kappa shape index (κ2) is 4.97. The molecule has 1 aromatic heterocycles. The zero-order valence-electron chi connectivity index (χ0n) is 9.08. The van der Waals surface area contributed by atoms with Crippen LogP contribution in [0.4, 0.5) is 0 Å². The average molecular weight is 229 g/mol. The average Bonchev–Trinajstić information content (AvgIpc) is 2.78. The van der Waals surface area contributed by atoms with Gasteiger partial charge in [0.2, 0.25) is 5.89 Å². The van der Waals surface area contributed by atoms with Gasteiger partial charge in [0.1, 0.15) is 0 Å². The van der Waals surface area contributed by atoms with E-state index in [1.54, 1.807) is 0 Å². The molecular formula is C11H17ClN2O. The summed E-state index contributed by atoms with van der Waals surface area (Å²) in [5.74, 6) is 1.92. The molecule has 4 heteroatoms. The van der Waals surface area contributed by atoms with E-state index in [2.05, 4.69) is 10.1 Å². The minimum Gasteiger partial charge on any atom is -0.339 e. The first-order valence-corrected chi connectivity index (χ1v) is 6.22. The second-order valence-electron chi connectivity index (χ2n) is 4.20. The van der Waals surface area contributed by atoms with Crippen molar-refractivity contribution in [1.29, 1.82) is 0 Å². The summed E-state index contributed by atoms with van der Waals surface area (Å²) in [7, 11) is 0. The van der Waals surface area contributed by atoms with Crippen LogP contribution in [0.3, 0.4) is 0 Å². The van der Waals surface area contributed by atoms with E-state index in [9.17, 15) is 0 Å². The second-order valence-corrected chi connectivity index (χ2v) is 4.73. The van der Waals surface area contributed by atoms with E-state index >= 15 is 0 Å². The molecule has 1 aromatic rings. The Balaban J connectivity index is 2.05. The van der Waals surface area contributed by atoms with Gasteiger partial charge in [-0.05, 0) is 19.3 Å². The zero-order chi connectivity index (χ0) is 10.7. The third kappa shape index (κ3) is 2.51. The Labute approximate surface area is 95.2 Å². The molecule has 15 heavy (non-hydrogen) atoms. The molecule has 84 valence electrons. The Morgan fingerprint density at radius 1 is 1.40 bits per heavy atom. The lowest BCUT2D eigenvalue weighted by Crippen LogP contribution is -2.05. The summed E-state index contributed by atoms with van der Waals surface area (Å²) in [5, 5.41) is 3.84. The fourth-order valence-corrected chi connectivity index (χ4v) is 2.16. The molecule has 1 heterocycles. The van der Waals surface area contributed by atoms with Gasteiger partial charge in [0.15, 0.2) is 5.82 Å². The summed E-state index contributed by atoms with van der Waals surface area (Å²) in [5.41, 5.74) is 0. The fraction of sp³-hybridized carbons (Fsp3) is 0.818. The molecule has 0 saturated heterocycles. The molecule has 1 saturated carbocycles. The number of rotatable bonds is 3. The van der Waals surface area contributed by atoms with E-state index in [1.807, 2.05) is 6.92 Å². The van der Waals surface area contributed by atoms with Crippen LogP contribution in [-0.2, 0) is 0 Å². The minimum atomic E-state index is -0.105. The van der Waals surface area contributed by atoms with E-state index < -0.39 is 0 Å². The molecule has 0 aromatic carbocycles. The highest BCUT2D eigenvalue weighted by Gasteiger charge is 2.22. The molecule has 0 spiro atoms. The number of nitrogens with zero attached hydrogens (tertiary/aromatic N) is 2. The lowest BCUT2D eigenvalue weighted by molar-refractivity contribution is 0.312. The van der Waals surface area contributed by atoms with Crippen molar-refractivity contribution in [2.24, 2.45) is 0 Å². The molecule has 0 amide bonds. The predicted molar refractivity (Wildman–Crippen MR) is 59.0 cm³/mol. The summed E-state index contributed by atoms with van der Waals surface area (Å²) >= 11 is 6.06. The van der Waals surface area contributed by atoms with Gasteiger partial charge in [0, 0.05) is 5.92 Å². The summed E-state index contributed by atoms with van der Waals surface area (Å²) in [6, 6.07) is 0. The van der Waals surface area contributed by atoms with Gasteiger partial charge in [-0.3, -0.25) is 0 Å². The van der Waals surface area contributed by atoms with Gasteiger partial charge in [0.25, 0.3) is 0 Å². The smallest absolute Gasteiger partial charge is 0.229 e. The summed E-state index contributed by atoms with van der Waals surface area (Å²) < 4.78 is 5.28. The fourth-order valence-electron chi connectivity index (χ4n) is 2.07. The van der Waals surface area contributed by atoms with E-state index in [0.717, 1.165) is 12.3 Å². The van der Waals surface area contributed by atoms with Crippen molar-refractivity contribution in [3.05, 3.63) is 11.7 Å². The van der Waals surface area contributed by atoms with Crippen molar-refractivity contribution in [2.45, 2.75) is 56.7 Å². The van der Waals surface area contributed by atoms with Crippen LogP contribution in [0.15, 0.2) is 4.52 Å². The van der Waals surface area contributed by atoms with Gasteiger partial charge in [-0.1, -0.05) is 31.3 Å². The highest BCUT2D eigenvalue weighted by molar-refractivity contribution is 6.20. The van der Waals surface area contributed by atoms with Crippen LogP contribution in [0.2, 0.25) is 0 Å². The lowest BCUT2D eigenvalue weighted by Gasteiger charge is -2.17. The molecule has 1 unspecified atom stereocenters. The van der Waals surface area contributed by atoms with Gasteiger partial charge < -0.3 is 4.52 Å². The van der Waals surface area contributed by atoms with E-state index in [-0.39, 0.29) is 5.38 Å². The SMILES string of the molecule is CCC(Cl)c1noc(C2CCCCC2)n1. The highest BCUT2D eigenvalue weighted by atomic mass is 35.5. The molecule has 1 atom stereocenters. The molecule has 0 bridgehead atoms. The van der Waals surface area contributed by atoms with Crippen LogP contribution in [0, 0.1) is 0 Å². The lowest BCUT2D eigenvalue weighted by atomic mass is 9.89. The van der Waals surface area contributed by atoms with Crippen molar-refractivity contribution in [1.82, 2.24) is 10.1 Å². The Morgan fingerprint density at radius 2 is 2.13 bits per heavy atom. The van der Waals surface area contributed by atoms with E-state index in [1.165, 1.54) is 32.1 Å². The first-order chi connectivity index (χ1) is 7.31. The summed E-state index contributed by atoms with van der Waals surface area (Å²) in [6.07, 6.45) is 7.10. The number of aromatic nitrogens is 2. The zero-order valence-corrected chi connectivity index (χ0v) is 9.83. The van der Waals surface area contributed by atoms with Gasteiger partial charge in [-0.25, -0.2) is 0 Å². The third-order valence-electron chi connectivity index (χ3n) is 3.05. The predicted octanol–water partition coefficient (Wildman–Crippen LogP) is 3.81. The van der Waals surface area contributed by atoms with Crippen LogP contribution >= 0.6 is 11.6 Å². The monoisotopic (exact) mass is 228 g/mol. The number of hydrogen-bond donors (Lipinski definition) is 0. The van der Waals surface area contributed by atoms with Crippen LogP contribution in [0.5, 0.6) is 0 Å². The largest absolute Gasteiger partial charge is 0.339 e. The van der Waals surface area contributed by atoms with Crippen molar-refractivity contribution in [3.8, 4) is 0 Å². The van der Waals surface area contributed by atoms with Crippen molar-refractivity contribution in [2.75, 3.05) is 0 Å². The van der Waals surface area contributed by atoms with E-state index in [0.29, 0.717) is 11.7 Å². The first-order valence-electron chi connectivity index (χ1n) is 5.78.